The Morgan fingerprint density at radius 1 is 1.30 bits per heavy atom. The fourth-order valence-electron chi connectivity index (χ4n) is 1.85. The normalized spacial score (nSPS) is 11.1. The molecular weight excluding hydrogens is 425 g/mol. The fraction of sp³-hybridized carbons (Fsp3) is 0.438. The molecule has 0 bridgehead atoms. The number of hydrogen-bond acceptors (Lipinski definition) is 4. The first-order valence-corrected chi connectivity index (χ1v) is 8.41. The average molecular weight is 449 g/mol. The van der Waals surface area contributed by atoms with E-state index in [9.17, 15) is 0 Å². The minimum atomic E-state index is 0. The molecule has 0 spiro atoms. The number of aliphatic imine (C=N–C) groups is 1. The number of ether oxygens (including phenoxy) is 1. The number of furan rings is 1. The van der Waals surface area contributed by atoms with E-state index in [1.165, 1.54) is 4.88 Å². The molecule has 0 aromatic carbocycles. The maximum absolute atomic E-state index is 5.55. The summed E-state index contributed by atoms with van der Waals surface area (Å²) in [5.74, 6) is 1.71. The van der Waals surface area contributed by atoms with Gasteiger partial charge in [-0.1, -0.05) is 6.07 Å². The molecule has 0 amide bonds. The zero-order valence-electron chi connectivity index (χ0n) is 13.3. The van der Waals surface area contributed by atoms with Crippen LogP contribution in [-0.4, -0.2) is 25.7 Å². The number of hydrogen-bond donors (Lipinski definition) is 2. The molecule has 0 radical (unpaired) electrons. The third-order valence-corrected chi connectivity index (χ3v) is 3.76. The first-order valence-electron chi connectivity index (χ1n) is 7.53. The van der Waals surface area contributed by atoms with Crippen molar-refractivity contribution < 1.29 is 9.15 Å². The van der Waals surface area contributed by atoms with E-state index in [0.717, 1.165) is 31.2 Å². The van der Waals surface area contributed by atoms with Gasteiger partial charge in [-0.05, 0) is 36.9 Å². The topological polar surface area (TPSA) is 58.8 Å². The molecule has 5 nitrogen and oxygen atoms in total. The lowest BCUT2D eigenvalue weighted by atomic mass is 10.4. The molecule has 0 unspecified atom stereocenters. The minimum absolute atomic E-state index is 0. The van der Waals surface area contributed by atoms with Crippen molar-refractivity contribution in [2.45, 2.75) is 26.5 Å². The first-order chi connectivity index (χ1) is 10.9. The first kappa shape index (κ1) is 20.0. The highest BCUT2D eigenvalue weighted by Crippen LogP contribution is 2.09. The predicted molar refractivity (Wildman–Crippen MR) is 106 cm³/mol. The van der Waals surface area contributed by atoms with Gasteiger partial charge in [0.1, 0.15) is 12.4 Å². The van der Waals surface area contributed by atoms with E-state index in [1.807, 2.05) is 18.2 Å². The van der Waals surface area contributed by atoms with Crippen LogP contribution in [0.25, 0.3) is 0 Å². The lowest BCUT2D eigenvalue weighted by Crippen LogP contribution is -2.38. The zero-order chi connectivity index (χ0) is 15.5. The highest BCUT2D eigenvalue weighted by atomic mass is 127. The SMILES string of the molecule is CCNC(=NCc1cccs1)NCCCOCc1ccco1.I. The van der Waals surface area contributed by atoms with Gasteiger partial charge in [0.2, 0.25) is 0 Å². The van der Waals surface area contributed by atoms with Crippen LogP contribution in [0.4, 0.5) is 0 Å². The smallest absolute Gasteiger partial charge is 0.191 e. The zero-order valence-corrected chi connectivity index (χ0v) is 16.4. The average Bonchev–Trinajstić information content (AvgIpc) is 3.21. The fourth-order valence-corrected chi connectivity index (χ4v) is 2.48. The van der Waals surface area contributed by atoms with Gasteiger partial charge in [0.25, 0.3) is 0 Å². The van der Waals surface area contributed by atoms with Gasteiger partial charge in [-0.15, -0.1) is 35.3 Å². The molecule has 2 rings (SSSR count). The van der Waals surface area contributed by atoms with Gasteiger partial charge in [0, 0.05) is 24.6 Å². The second-order valence-electron chi connectivity index (χ2n) is 4.69. The summed E-state index contributed by atoms with van der Waals surface area (Å²) in [6.45, 7) is 5.67. The Balaban J connectivity index is 0.00000264. The lowest BCUT2D eigenvalue weighted by molar-refractivity contribution is 0.105. The van der Waals surface area contributed by atoms with E-state index >= 15 is 0 Å². The largest absolute Gasteiger partial charge is 0.467 e. The van der Waals surface area contributed by atoms with E-state index in [0.29, 0.717) is 19.8 Å². The van der Waals surface area contributed by atoms with Gasteiger partial charge in [0.15, 0.2) is 5.96 Å². The number of halogens is 1. The van der Waals surface area contributed by atoms with Gasteiger partial charge in [0.05, 0.1) is 12.8 Å². The molecule has 0 atom stereocenters. The van der Waals surface area contributed by atoms with Gasteiger partial charge >= 0.3 is 0 Å². The van der Waals surface area contributed by atoms with Crippen molar-refractivity contribution in [2.75, 3.05) is 19.7 Å². The molecular formula is C16H24IN3O2S. The summed E-state index contributed by atoms with van der Waals surface area (Å²) >= 11 is 1.73. The third kappa shape index (κ3) is 8.38. The Bertz CT molecular complexity index is 530. The van der Waals surface area contributed by atoms with E-state index in [4.69, 9.17) is 9.15 Å². The standard InChI is InChI=1S/C16H23N3O2S.HI/c1-2-17-16(19-12-15-7-4-11-22-15)18-8-5-9-20-13-14-6-3-10-21-14;/h3-4,6-7,10-11H,2,5,8-9,12-13H2,1H3,(H2,17,18,19);1H. The Labute approximate surface area is 158 Å². The van der Waals surface area contributed by atoms with Gasteiger partial charge < -0.3 is 19.8 Å². The van der Waals surface area contributed by atoms with Gasteiger partial charge in [-0.25, -0.2) is 4.99 Å². The number of nitrogens with one attached hydrogen (secondary N) is 2. The van der Waals surface area contributed by atoms with Crippen LogP contribution in [0.15, 0.2) is 45.3 Å². The molecule has 0 aliphatic heterocycles. The number of guanidine groups is 1. The number of thiophene rings is 1. The van der Waals surface area contributed by atoms with Crippen LogP contribution in [0.1, 0.15) is 24.0 Å². The number of nitrogens with zero attached hydrogens (tertiary/aromatic N) is 1. The molecule has 2 heterocycles. The summed E-state index contributed by atoms with van der Waals surface area (Å²) in [7, 11) is 0. The summed E-state index contributed by atoms with van der Waals surface area (Å²) in [5, 5.41) is 8.63. The maximum Gasteiger partial charge on any atom is 0.191 e. The molecule has 128 valence electrons. The van der Waals surface area contributed by atoms with Crippen LogP contribution in [0.5, 0.6) is 0 Å². The van der Waals surface area contributed by atoms with E-state index in [-0.39, 0.29) is 24.0 Å². The van der Waals surface area contributed by atoms with Crippen molar-refractivity contribution in [3.8, 4) is 0 Å². The molecule has 0 aliphatic carbocycles. The third-order valence-electron chi connectivity index (χ3n) is 2.90. The molecule has 0 saturated carbocycles. The van der Waals surface area contributed by atoms with Crippen molar-refractivity contribution in [3.63, 3.8) is 0 Å². The molecule has 7 heteroatoms. The maximum atomic E-state index is 5.55. The summed E-state index contributed by atoms with van der Waals surface area (Å²) in [4.78, 5) is 5.83. The Kier molecular flexibility index (Phi) is 10.8. The summed E-state index contributed by atoms with van der Waals surface area (Å²) in [6, 6.07) is 7.93. The monoisotopic (exact) mass is 449 g/mol. The molecule has 0 aliphatic rings. The van der Waals surface area contributed by atoms with Crippen LogP contribution in [0.2, 0.25) is 0 Å². The quantitative estimate of drug-likeness (QED) is 0.266. The summed E-state index contributed by atoms with van der Waals surface area (Å²) in [6.07, 6.45) is 2.58. The number of rotatable bonds is 9. The van der Waals surface area contributed by atoms with Crippen molar-refractivity contribution in [2.24, 2.45) is 4.99 Å². The molecule has 23 heavy (non-hydrogen) atoms. The van der Waals surface area contributed by atoms with Gasteiger partial charge in [-0.3, -0.25) is 0 Å². The van der Waals surface area contributed by atoms with Crippen LogP contribution >= 0.6 is 35.3 Å². The predicted octanol–water partition coefficient (Wildman–Crippen LogP) is 3.62. The Morgan fingerprint density at radius 2 is 2.22 bits per heavy atom. The van der Waals surface area contributed by atoms with Crippen molar-refractivity contribution in [3.05, 3.63) is 46.5 Å². The summed E-state index contributed by atoms with van der Waals surface area (Å²) < 4.78 is 10.8. The summed E-state index contributed by atoms with van der Waals surface area (Å²) in [5.41, 5.74) is 0. The van der Waals surface area contributed by atoms with Crippen molar-refractivity contribution in [1.29, 1.82) is 0 Å². The van der Waals surface area contributed by atoms with Crippen molar-refractivity contribution >= 4 is 41.3 Å². The van der Waals surface area contributed by atoms with E-state index in [1.54, 1.807) is 17.6 Å². The van der Waals surface area contributed by atoms with Crippen LogP contribution in [0, 0.1) is 0 Å². The van der Waals surface area contributed by atoms with Crippen LogP contribution < -0.4 is 10.6 Å². The molecule has 2 aromatic heterocycles. The Hall–Kier alpha value is -1.06. The molecule has 2 N–H and O–H groups in total. The van der Waals surface area contributed by atoms with Crippen molar-refractivity contribution in [1.82, 2.24) is 10.6 Å². The van der Waals surface area contributed by atoms with Crippen LogP contribution in [0.3, 0.4) is 0 Å². The van der Waals surface area contributed by atoms with Gasteiger partial charge in [-0.2, -0.15) is 0 Å². The molecule has 0 fully saturated rings. The second kappa shape index (κ2) is 12.4. The minimum Gasteiger partial charge on any atom is -0.467 e. The van der Waals surface area contributed by atoms with Crippen LogP contribution in [-0.2, 0) is 17.9 Å². The van der Waals surface area contributed by atoms with E-state index in [2.05, 4.69) is 34.0 Å². The lowest BCUT2D eigenvalue weighted by Gasteiger charge is -2.11. The van der Waals surface area contributed by atoms with E-state index < -0.39 is 0 Å². The molecule has 0 saturated heterocycles. The second-order valence-corrected chi connectivity index (χ2v) is 5.72. The highest BCUT2D eigenvalue weighted by Gasteiger charge is 1.99. The molecule has 2 aromatic rings. The Morgan fingerprint density at radius 3 is 2.91 bits per heavy atom. The highest BCUT2D eigenvalue weighted by molar-refractivity contribution is 14.0.